The second-order valence-corrected chi connectivity index (χ2v) is 7.87. The van der Waals surface area contributed by atoms with E-state index in [4.69, 9.17) is 4.74 Å². The van der Waals surface area contributed by atoms with Crippen molar-refractivity contribution in [1.82, 2.24) is 19.8 Å². The topological polar surface area (TPSA) is 92.7 Å². The molecular formula is C21H32N4O4. The zero-order chi connectivity index (χ0) is 21.4. The molecule has 0 N–H and O–H groups in total. The Bertz CT molecular complexity index is 705. The smallest absolute Gasteiger partial charge is 0.310 e. The molecule has 0 aliphatic carbocycles. The highest BCUT2D eigenvalue weighted by molar-refractivity contribution is 5.92. The first-order valence-electron chi connectivity index (χ1n) is 10.3. The first kappa shape index (κ1) is 22.8. The van der Waals surface area contributed by atoms with Crippen LogP contribution in [0.15, 0.2) is 12.4 Å². The highest BCUT2D eigenvalue weighted by atomic mass is 16.5. The van der Waals surface area contributed by atoms with Crippen molar-refractivity contribution in [3.63, 3.8) is 0 Å². The van der Waals surface area contributed by atoms with Gasteiger partial charge in [-0.25, -0.2) is 4.98 Å². The molecule has 0 spiro atoms. The first-order valence-corrected chi connectivity index (χ1v) is 10.3. The van der Waals surface area contributed by atoms with Crippen LogP contribution in [-0.4, -0.2) is 70.3 Å². The second kappa shape index (κ2) is 10.9. The maximum atomic E-state index is 12.8. The maximum Gasteiger partial charge on any atom is 0.310 e. The molecule has 0 aromatic carbocycles. The summed E-state index contributed by atoms with van der Waals surface area (Å²) < 4.78 is 5.10. The van der Waals surface area contributed by atoms with E-state index in [1.54, 1.807) is 22.9 Å². The van der Waals surface area contributed by atoms with Gasteiger partial charge in [0.25, 0.3) is 5.91 Å². The summed E-state index contributed by atoms with van der Waals surface area (Å²) in [4.78, 5) is 49.2. The molecular weight excluding hydrogens is 372 g/mol. The van der Waals surface area contributed by atoms with Gasteiger partial charge in [0.15, 0.2) is 0 Å². The molecule has 0 radical (unpaired) electrons. The van der Waals surface area contributed by atoms with Crippen molar-refractivity contribution >= 4 is 17.8 Å². The third-order valence-electron chi connectivity index (χ3n) is 4.86. The second-order valence-electron chi connectivity index (χ2n) is 7.87. The molecule has 160 valence electrons. The summed E-state index contributed by atoms with van der Waals surface area (Å²) in [5.74, 6) is -0.503. The van der Waals surface area contributed by atoms with E-state index in [9.17, 15) is 14.4 Å². The van der Waals surface area contributed by atoms with E-state index < -0.39 is 0 Å². The Hall–Kier alpha value is -2.51. The van der Waals surface area contributed by atoms with Gasteiger partial charge in [-0.15, -0.1) is 0 Å². The number of hydrogen-bond acceptors (Lipinski definition) is 6. The van der Waals surface area contributed by atoms with E-state index in [0.29, 0.717) is 32.8 Å². The van der Waals surface area contributed by atoms with Crippen molar-refractivity contribution in [2.75, 3.05) is 32.8 Å². The van der Waals surface area contributed by atoms with Crippen molar-refractivity contribution in [3.05, 3.63) is 23.8 Å². The molecule has 1 aromatic rings. The molecule has 0 saturated carbocycles. The third-order valence-corrected chi connectivity index (χ3v) is 4.86. The van der Waals surface area contributed by atoms with Crippen LogP contribution in [0.1, 0.15) is 56.2 Å². The van der Waals surface area contributed by atoms with Gasteiger partial charge in [-0.3, -0.25) is 19.4 Å². The predicted molar refractivity (Wildman–Crippen MR) is 108 cm³/mol. The number of piperidine rings is 1. The number of rotatable bonds is 8. The van der Waals surface area contributed by atoms with Crippen molar-refractivity contribution in [2.45, 2.75) is 47.0 Å². The zero-order valence-corrected chi connectivity index (χ0v) is 17.9. The van der Waals surface area contributed by atoms with Crippen LogP contribution in [0.25, 0.3) is 0 Å². The lowest BCUT2D eigenvalue weighted by molar-refractivity contribution is -0.151. The molecule has 2 amide bonds. The van der Waals surface area contributed by atoms with Gasteiger partial charge in [0.1, 0.15) is 5.69 Å². The molecule has 1 aromatic heterocycles. The SMILES string of the molecule is CCOC(=O)C1CCCN(C(=O)CCN(CC(C)C)C(=O)c2cnc(C)cn2)C1. The van der Waals surface area contributed by atoms with Gasteiger partial charge in [0, 0.05) is 38.8 Å². The minimum atomic E-state index is -0.260. The lowest BCUT2D eigenvalue weighted by atomic mass is 9.98. The summed E-state index contributed by atoms with van der Waals surface area (Å²) in [5, 5.41) is 0. The number of ether oxygens (including phenoxy) is 1. The van der Waals surface area contributed by atoms with Gasteiger partial charge < -0.3 is 14.5 Å². The van der Waals surface area contributed by atoms with Crippen molar-refractivity contribution < 1.29 is 19.1 Å². The Morgan fingerprint density at radius 1 is 1.28 bits per heavy atom. The molecule has 2 heterocycles. The minimum absolute atomic E-state index is 0.0458. The normalized spacial score (nSPS) is 16.6. The Kier molecular flexibility index (Phi) is 8.54. The number of nitrogens with zero attached hydrogens (tertiary/aromatic N) is 4. The summed E-state index contributed by atoms with van der Waals surface area (Å²) in [6, 6.07) is 0. The van der Waals surface area contributed by atoms with Crippen molar-refractivity contribution in [1.29, 1.82) is 0 Å². The predicted octanol–water partition coefficient (Wildman–Crippen LogP) is 2.08. The van der Waals surface area contributed by atoms with E-state index in [-0.39, 0.29) is 41.7 Å². The highest BCUT2D eigenvalue weighted by Crippen LogP contribution is 2.19. The summed E-state index contributed by atoms with van der Waals surface area (Å²) in [7, 11) is 0. The van der Waals surface area contributed by atoms with E-state index in [2.05, 4.69) is 9.97 Å². The lowest BCUT2D eigenvalue weighted by Gasteiger charge is -2.32. The average Bonchev–Trinajstić information content (AvgIpc) is 2.71. The van der Waals surface area contributed by atoms with Crippen LogP contribution in [0.4, 0.5) is 0 Å². The van der Waals surface area contributed by atoms with Gasteiger partial charge in [0.2, 0.25) is 5.91 Å². The molecule has 1 saturated heterocycles. The van der Waals surface area contributed by atoms with E-state index in [1.165, 1.54) is 6.20 Å². The summed E-state index contributed by atoms with van der Waals surface area (Å²) in [6.07, 6.45) is 4.78. The monoisotopic (exact) mass is 404 g/mol. The molecule has 0 bridgehead atoms. The number of aromatic nitrogens is 2. The van der Waals surface area contributed by atoms with Crippen LogP contribution >= 0.6 is 0 Å². The fraction of sp³-hybridized carbons (Fsp3) is 0.667. The quantitative estimate of drug-likeness (QED) is 0.616. The molecule has 1 unspecified atom stereocenters. The average molecular weight is 405 g/mol. The minimum Gasteiger partial charge on any atom is -0.466 e. The Labute approximate surface area is 172 Å². The van der Waals surface area contributed by atoms with E-state index in [1.807, 2.05) is 20.8 Å². The Morgan fingerprint density at radius 3 is 2.66 bits per heavy atom. The molecule has 2 rings (SSSR count). The fourth-order valence-corrected chi connectivity index (χ4v) is 3.43. The molecule has 1 aliphatic heterocycles. The highest BCUT2D eigenvalue weighted by Gasteiger charge is 2.29. The summed E-state index contributed by atoms with van der Waals surface area (Å²) >= 11 is 0. The van der Waals surface area contributed by atoms with Gasteiger partial charge in [-0.1, -0.05) is 13.8 Å². The van der Waals surface area contributed by atoms with Gasteiger partial charge >= 0.3 is 5.97 Å². The van der Waals surface area contributed by atoms with Crippen molar-refractivity contribution in [2.24, 2.45) is 11.8 Å². The Morgan fingerprint density at radius 2 is 2.03 bits per heavy atom. The van der Waals surface area contributed by atoms with Crippen LogP contribution in [0.2, 0.25) is 0 Å². The van der Waals surface area contributed by atoms with E-state index in [0.717, 1.165) is 18.5 Å². The molecule has 1 fully saturated rings. The number of carbonyl (C=O) groups excluding carboxylic acids is 3. The van der Waals surface area contributed by atoms with Crippen LogP contribution in [-0.2, 0) is 14.3 Å². The number of esters is 1. The Balaban J connectivity index is 1.97. The summed E-state index contributed by atoms with van der Waals surface area (Å²) in [5.41, 5.74) is 1.03. The molecule has 1 atom stereocenters. The number of hydrogen-bond donors (Lipinski definition) is 0. The van der Waals surface area contributed by atoms with Gasteiger partial charge in [-0.05, 0) is 32.6 Å². The van der Waals surface area contributed by atoms with Gasteiger partial charge in [0.05, 0.1) is 24.4 Å². The van der Waals surface area contributed by atoms with Gasteiger partial charge in [-0.2, -0.15) is 0 Å². The molecule has 8 nitrogen and oxygen atoms in total. The zero-order valence-electron chi connectivity index (χ0n) is 17.9. The molecule has 1 aliphatic rings. The standard InChI is InChI=1S/C21H32N4O4/c1-5-29-21(28)17-7-6-9-24(14-17)19(26)8-10-25(13-15(2)3)20(27)18-12-22-16(4)11-23-18/h11-12,15,17H,5-10,13-14H2,1-4H3. The van der Waals surface area contributed by atoms with Crippen LogP contribution in [0.3, 0.4) is 0 Å². The fourth-order valence-electron chi connectivity index (χ4n) is 3.43. The summed E-state index contributed by atoms with van der Waals surface area (Å²) in [6.45, 7) is 9.86. The van der Waals surface area contributed by atoms with Crippen LogP contribution < -0.4 is 0 Å². The maximum absolute atomic E-state index is 12.8. The van der Waals surface area contributed by atoms with E-state index >= 15 is 0 Å². The third kappa shape index (κ3) is 6.80. The lowest BCUT2D eigenvalue weighted by Crippen LogP contribution is -2.44. The van der Waals surface area contributed by atoms with Crippen molar-refractivity contribution in [3.8, 4) is 0 Å². The first-order chi connectivity index (χ1) is 13.8. The molecule has 29 heavy (non-hydrogen) atoms. The molecule has 8 heteroatoms. The number of aryl methyl sites for hydroxylation is 1. The largest absolute Gasteiger partial charge is 0.466 e. The number of amides is 2. The van der Waals surface area contributed by atoms with Crippen LogP contribution in [0, 0.1) is 18.8 Å². The number of carbonyl (C=O) groups is 3. The number of likely N-dealkylation sites (tertiary alicyclic amines) is 1. The van der Waals surface area contributed by atoms with Crippen LogP contribution in [0.5, 0.6) is 0 Å².